The molecule has 1 nitrogen and oxygen atoms in total. The number of rotatable bonds is 1. The minimum Gasteiger partial charge on any atom is -0.299 e. The van der Waals surface area contributed by atoms with E-state index in [-0.39, 0.29) is 5.41 Å². The third kappa shape index (κ3) is 1.72. The highest BCUT2D eigenvalue weighted by atomic mass is 16.1. The Morgan fingerprint density at radius 1 is 1.14 bits per heavy atom. The molecule has 3 saturated carbocycles. The topological polar surface area (TPSA) is 17.1 Å². The van der Waals surface area contributed by atoms with E-state index in [1.807, 2.05) is 0 Å². The number of hydrogen-bond acceptors (Lipinski definition) is 1. The van der Waals surface area contributed by atoms with Crippen LogP contribution in [0.2, 0.25) is 0 Å². The van der Waals surface area contributed by atoms with Crippen LogP contribution >= 0.6 is 0 Å². The Balaban J connectivity index is 1.71. The molecule has 0 amide bonds. The van der Waals surface area contributed by atoms with Crippen molar-refractivity contribution in [3.63, 3.8) is 0 Å². The van der Waals surface area contributed by atoms with Gasteiger partial charge in [0.25, 0.3) is 0 Å². The van der Waals surface area contributed by atoms with Crippen LogP contribution in [-0.2, 0) is 4.79 Å². The number of Topliss-reactive ketones (excluding diaryl/α,β-unsaturated/α-hetero) is 1. The molecule has 0 spiro atoms. The lowest BCUT2D eigenvalue weighted by molar-refractivity contribution is -0.133. The first-order valence-electron chi connectivity index (χ1n) is 9.34. The van der Waals surface area contributed by atoms with Crippen LogP contribution in [0.15, 0.2) is 11.6 Å². The zero-order valence-corrected chi connectivity index (χ0v) is 13.8. The molecular weight excluding hydrogens is 256 g/mol. The largest absolute Gasteiger partial charge is 0.299 e. The summed E-state index contributed by atoms with van der Waals surface area (Å²) in [5.41, 5.74) is 2.34. The first kappa shape index (κ1) is 14.0. The highest BCUT2D eigenvalue weighted by Gasteiger charge is 2.59. The number of allylic oxidation sites excluding steroid dienone is 2. The van der Waals surface area contributed by atoms with Crippen molar-refractivity contribution >= 4 is 5.78 Å². The third-order valence-corrected chi connectivity index (χ3v) is 8.09. The first-order valence-corrected chi connectivity index (χ1v) is 9.34. The average Bonchev–Trinajstić information content (AvgIpc) is 2.84. The predicted molar refractivity (Wildman–Crippen MR) is 85.9 cm³/mol. The Labute approximate surface area is 129 Å². The summed E-state index contributed by atoms with van der Waals surface area (Å²) < 4.78 is 0. The number of carbonyl (C=O) groups excluding carboxylic acids is 1. The van der Waals surface area contributed by atoms with Gasteiger partial charge in [-0.25, -0.2) is 0 Å². The van der Waals surface area contributed by atoms with Crippen LogP contribution in [0.4, 0.5) is 0 Å². The van der Waals surface area contributed by atoms with Gasteiger partial charge in [0.1, 0.15) is 5.78 Å². The number of carbonyl (C=O) groups is 1. The van der Waals surface area contributed by atoms with E-state index in [1.54, 1.807) is 5.57 Å². The molecule has 0 aliphatic heterocycles. The monoisotopic (exact) mass is 286 g/mol. The number of hydrogen-bond donors (Lipinski definition) is 0. The van der Waals surface area contributed by atoms with E-state index in [9.17, 15) is 4.79 Å². The molecule has 0 aromatic rings. The van der Waals surface area contributed by atoms with Crippen molar-refractivity contribution in [1.82, 2.24) is 0 Å². The summed E-state index contributed by atoms with van der Waals surface area (Å²) in [5, 5.41) is 0. The van der Waals surface area contributed by atoms with Gasteiger partial charge < -0.3 is 0 Å². The molecule has 0 unspecified atom stereocenters. The molecule has 0 aromatic heterocycles. The van der Waals surface area contributed by atoms with Crippen molar-refractivity contribution in [3.8, 4) is 0 Å². The highest BCUT2D eigenvalue weighted by Crippen LogP contribution is 2.64. The van der Waals surface area contributed by atoms with Crippen molar-refractivity contribution in [2.45, 2.75) is 78.1 Å². The second kappa shape index (κ2) is 4.70. The summed E-state index contributed by atoms with van der Waals surface area (Å²) in [4.78, 5) is 12.6. The number of fused-ring (bicyclic) bond motifs is 5. The van der Waals surface area contributed by atoms with Crippen molar-refractivity contribution in [2.75, 3.05) is 0 Å². The minimum atomic E-state index is 0.0809. The van der Waals surface area contributed by atoms with Gasteiger partial charge in [-0.05, 0) is 74.5 Å². The lowest BCUT2D eigenvalue weighted by atomic mass is 9.47. The fourth-order valence-corrected chi connectivity index (χ4v) is 6.92. The summed E-state index contributed by atoms with van der Waals surface area (Å²) >= 11 is 0. The molecule has 3 fully saturated rings. The smallest absolute Gasteiger partial charge is 0.139 e. The molecule has 116 valence electrons. The van der Waals surface area contributed by atoms with E-state index in [2.05, 4.69) is 19.9 Å². The summed E-state index contributed by atoms with van der Waals surface area (Å²) in [5.74, 6) is 2.98. The Kier molecular flexibility index (Phi) is 3.14. The van der Waals surface area contributed by atoms with Crippen LogP contribution in [0.1, 0.15) is 78.1 Å². The van der Waals surface area contributed by atoms with Crippen molar-refractivity contribution in [3.05, 3.63) is 11.6 Å². The predicted octanol–water partition coefficient (Wildman–Crippen LogP) is 5.30. The van der Waals surface area contributed by atoms with E-state index < -0.39 is 0 Å². The van der Waals surface area contributed by atoms with Gasteiger partial charge in [0.05, 0.1) is 0 Å². The molecule has 21 heavy (non-hydrogen) atoms. The van der Waals surface area contributed by atoms with Gasteiger partial charge in [-0.2, -0.15) is 0 Å². The summed E-state index contributed by atoms with van der Waals surface area (Å²) in [7, 11) is 0. The molecule has 1 heteroatoms. The Morgan fingerprint density at radius 2 is 2.00 bits per heavy atom. The standard InChI is InChI=1S/C20H30O/c1-3-20-13-11-16-15(17(20)9-10-18(20)21)8-7-14-6-4-5-12-19(14,16)2/h7,15-17H,3-6,8-13H2,1-2H3/t15-,16+,17+,19+,20+/m1/s1. The first-order chi connectivity index (χ1) is 10.1. The van der Waals surface area contributed by atoms with Crippen LogP contribution in [0.3, 0.4) is 0 Å². The summed E-state index contributed by atoms with van der Waals surface area (Å²) in [6, 6.07) is 0. The highest BCUT2D eigenvalue weighted by molar-refractivity contribution is 5.87. The minimum absolute atomic E-state index is 0.0809. The molecule has 5 atom stereocenters. The van der Waals surface area contributed by atoms with Gasteiger partial charge >= 0.3 is 0 Å². The Bertz CT molecular complexity index is 490. The lowest BCUT2D eigenvalue weighted by Gasteiger charge is -2.57. The fraction of sp³-hybridized carbons (Fsp3) is 0.850. The van der Waals surface area contributed by atoms with Crippen LogP contribution in [0.5, 0.6) is 0 Å². The molecule has 0 saturated heterocycles. The normalized spacial score (nSPS) is 49.1. The molecule has 0 N–H and O–H groups in total. The second-order valence-electron chi connectivity index (χ2n) is 8.48. The molecule has 0 radical (unpaired) electrons. The Hall–Kier alpha value is -0.590. The Morgan fingerprint density at radius 3 is 2.81 bits per heavy atom. The summed E-state index contributed by atoms with van der Waals surface area (Å²) in [6.07, 6.45) is 15.1. The zero-order chi connectivity index (χ0) is 14.7. The maximum atomic E-state index is 12.6. The fourth-order valence-electron chi connectivity index (χ4n) is 6.92. The van der Waals surface area contributed by atoms with Gasteiger partial charge in [-0.15, -0.1) is 0 Å². The van der Waals surface area contributed by atoms with Crippen molar-refractivity contribution in [2.24, 2.45) is 28.6 Å². The lowest BCUT2D eigenvalue weighted by Crippen LogP contribution is -2.50. The van der Waals surface area contributed by atoms with Crippen LogP contribution in [0, 0.1) is 28.6 Å². The van der Waals surface area contributed by atoms with Crippen LogP contribution < -0.4 is 0 Å². The van der Waals surface area contributed by atoms with Gasteiger partial charge in [-0.1, -0.05) is 31.9 Å². The van der Waals surface area contributed by atoms with E-state index in [0.717, 1.165) is 24.7 Å². The molecule has 0 heterocycles. The molecule has 0 aromatic carbocycles. The van der Waals surface area contributed by atoms with Crippen LogP contribution in [0.25, 0.3) is 0 Å². The second-order valence-corrected chi connectivity index (χ2v) is 8.48. The molecule has 4 aliphatic rings. The van der Waals surface area contributed by atoms with Gasteiger partial charge in [0.15, 0.2) is 0 Å². The average molecular weight is 286 g/mol. The van der Waals surface area contributed by atoms with Crippen molar-refractivity contribution in [1.29, 1.82) is 0 Å². The molecular formula is C20H30O. The van der Waals surface area contributed by atoms with Gasteiger partial charge in [-0.3, -0.25) is 4.79 Å². The maximum Gasteiger partial charge on any atom is 0.139 e. The SMILES string of the molecule is CC[C@]12CC[C@H]3[C@@H](CC=C4CCCC[C@@]43C)[C@@H]1CCC2=O. The van der Waals surface area contributed by atoms with E-state index in [0.29, 0.717) is 17.1 Å². The maximum absolute atomic E-state index is 12.6. The molecule has 4 rings (SSSR count). The van der Waals surface area contributed by atoms with Crippen molar-refractivity contribution < 1.29 is 4.79 Å². The quantitative estimate of drug-likeness (QED) is 0.598. The zero-order valence-electron chi connectivity index (χ0n) is 13.8. The third-order valence-electron chi connectivity index (χ3n) is 8.09. The molecule has 4 aliphatic carbocycles. The molecule has 0 bridgehead atoms. The summed E-state index contributed by atoms with van der Waals surface area (Å²) in [6.45, 7) is 4.83. The van der Waals surface area contributed by atoms with E-state index in [1.165, 1.54) is 51.4 Å². The number of ketones is 1. The van der Waals surface area contributed by atoms with E-state index >= 15 is 0 Å². The van der Waals surface area contributed by atoms with E-state index in [4.69, 9.17) is 0 Å². The van der Waals surface area contributed by atoms with Crippen LogP contribution in [-0.4, -0.2) is 5.78 Å². The van der Waals surface area contributed by atoms with Gasteiger partial charge in [0.2, 0.25) is 0 Å². The van der Waals surface area contributed by atoms with Gasteiger partial charge in [0, 0.05) is 11.8 Å².